The average Bonchev–Trinajstić information content (AvgIpc) is 2.75. The summed E-state index contributed by atoms with van der Waals surface area (Å²) in [5.41, 5.74) is 6.14. The quantitative estimate of drug-likeness (QED) is 0.862. The van der Waals surface area contributed by atoms with Crippen LogP contribution < -0.4 is 11.1 Å². The molecule has 3 N–H and O–H groups in total. The molecule has 1 aromatic heterocycles. The summed E-state index contributed by atoms with van der Waals surface area (Å²) in [6, 6.07) is 0.328. The van der Waals surface area contributed by atoms with Crippen molar-refractivity contribution in [3.8, 4) is 0 Å². The van der Waals surface area contributed by atoms with Crippen molar-refractivity contribution in [2.45, 2.75) is 43.5 Å². The average molecular weight is 268 g/mol. The lowest BCUT2D eigenvalue weighted by Gasteiger charge is -2.28. The van der Waals surface area contributed by atoms with E-state index in [-0.39, 0.29) is 12.5 Å². The topological polar surface area (TPSA) is 72.9 Å². The van der Waals surface area contributed by atoms with Gasteiger partial charge in [-0.15, -0.1) is 0 Å². The Kier molecular flexibility index (Phi) is 4.52. The van der Waals surface area contributed by atoms with E-state index in [1.54, 1.807) is 17.1 Å². The second-order valence-corrected chi connectivity index (χ2v) is 5.89. The van der Waals surface area contributed by atoms with E-state index in [2.05, 4.69) is 16.7 Å². The third-order valence-corrected chi connectivity index (χ3v) is 4.47. The summed E-state index contributed by atoms with van der Waals surface area (Å²) in [7, 11) is 0. The van der Waals surface area contributed by atoms with Gasteiger partial charge in [-0.25, -0.2) is 0 Å². The van der Waals surface area contributed by atoms with E-state index in [0.717, 1.165) is 18.1 Å². The Morgan fingerprint density at radius 1 is 1.56 bits per heavy atom. The van der Waals surface area contributed by atoms with Gasteiger partial charge in [-0.2, -0.15) is 16.9 Å². The molecule has 100 valence electrons. The Hall–Kier alpha value is -1.17. The van der Waals surface area contributed by atoms with E-state index in [0.29, 0.717) is 11.7 Å². The summed E-state index contributed by atoms with van der Waals surface area (Å²) >= 11 is 1.93. The fourth-order valence-electron chi connectivity index (χ4n) is 2.33. The second-order valence-electron chi connectivity index (χ2n) is 4.75. The van der Waals surface area contributed by atoms with Crippen LogP contribution in [0.3, 0.4) is 0 Å². The molecule has 1 aliphatic carbocycles. The molecule has 1 saturated carbocycles. The number of hydrogen-bond acceptors (Lipinski definition) is 4. The first kappa shape index (κ1) is 13.3. The van der Waals surface area contributed by atoms with E-state index in [1.807, 2.05) is 11.8 Å². The van der Waals surface area contributed by atoms with Gasteiger partial charge in [-0.1, -0.05) is 0 Å². The molecule has 0 saturated heterocycles. The van der Waals surface area contributed by atoms with Crippen molar-refractivity contribution in [3.05, 3.63) is 12.4 Å². The first-order chi connectivity index (χ1) is 8.67. The Balaban J connectivity index is 1.75. The highest BCUT2D eigenvalue weighted by atomic mass is 32.2. The Labute approximate surface area is 111 Å². The van der Waals surface area contributed by atoms with Crippen LogP contribution in [0.4, 0.5) is 5.69 Å². The number of thioether (sulfide) groups is 1. The first-order valence-electron chi connectivity index (χ1n) is 6.27. The van der Waals surface area contributed by atoms with Gasteiger partial charge >= 0.3 is 0 Å². The highest BCUT2D eigenvalue weighted by Crippen LogP contribution is 2.26. The molecular weight excluding hydrogens is 248 g/mol. The minimum Gasteiger partial charge on any atom is -0.396 e. The Morgan fingerprint density at radius 3 is 2.83 bits per heavy atom. The van der Waals surface area contributed by atoms with Gasteiger partial charge in [0.15, 0.2) is 0 Å². The van der Waals surface area contributed by atoms with Gasteiger partial charge in [-0.05, 0) is 31.9 Å². The number of hydrogen-bond donors (Lipinski definition) is 2. The molecule has 0 spiro atoms. The predicted octanol–water partition coefficient (Wildman–Crippen LogP) is 1.26. The molecule has 0 radical (unpaired) electrons. The zero-order valence-corrected chi connectivity index (χ0v) is 11.4. The van der Waals surface area contributed by atoms with Crippen molar-refractivity contribution in [1.29, 1.82) is 0 Å². The van der Waals surface area contributed by atoms with Crippen LogP contribution in [0.15, 0.2) is 12.4 Å². The highest BCUT2D eigenvalue weighted by molar-refractivity contribution is 7.99. The van der Waals surface area contributed by atoms with Crippen LogP contribution in [0.5, 0.6) is 0 Å². The molecule has 0 aliphatic heterocycles. The monoisotopic (exact) mass is 268 g/mol. The standard InChI is InChI=1S/C12H20N4OS/c1-18-11-4-2-10(3-5-11)15-12(17)8-16-7-9(13)6-14-16/h6-7,10-11H,2-5,8,13H2,1H3,(H,15,17). The van der Waals surface area contributed by atoms with Crippen molar-refractivity contribution in [2.75, 3.05) is 12.0 Å². The molecule has 5 nitrogen and oxygen atoms in total. The lowest BCUT2D eigenvalue weighted by atomic mass is 9.95. The minimum absolute atomic E-state index is 0.0192. The van der Waals surface area contributed by atoms with Gasteiger partial charge in [0.2, 0.25) is 5.91 Å². The lowest BCUT2D eigenvalue weighted by Crippen LogP contribution is -2.39. The second kappa shape index (κ2) is 6.13. The summed E-state index contributed by atoms with van der Waals surface area (Å²) in [6.45, 7) is 0.250. The number of rotatable bonds is 4. The summed E-state index contributed by atoms with van der Waals surface area (Å²) in [5.74, 6) is 0.0192. The van der Waals surface area contributed by atoms with Crippen molar-refractivity contribution >= 4 is 23.4 Å². The number of nitrogens with one attached hydrogen (secondary N) is 1. The maximum atomic E-state index is 11.8. The fourth-order valence-corrected chi connectivity index (χ4v) is 3.07. The van der Waals surface area contributed by atoms with Gasteiger partial charge in [0, 0.05) is 17.5 Å². The molecular formula is C12H20N4OS. The van der Waals surface area contributed by atoms with Crippen LogP contribution in [-0.2, 0) is 11.3 Å². The molecule has 1 amide bonds. The molecule has 0 bridgehead atoms. The van der Waals surface area contributed by atoms with Gasteiger partial charge in [-0.3, -0.25) is 9.48 Å². The molecule has 1 fully saturated rings. The molecule has 1 heterocycles. The summed E-state index contributed by atoms with van der Waals surface area (Å²) in [4.78, 5) is 11.8. The molecule has 1 aliphatic rings. The summed E-state index contributed by atoms with van der Waals surface area (Å²) < 4.78 is 1.57. The molecule has 0 unspecified atom stereocenters. The number of carbonyl (C=O) groups excluding carboxylic acids is 1. The summed E-state index contributed by atoms with van der Waals surface area (Å²) in [6.07, 6.45) is 9.94. The number of aromatic nitrogens is 2. The number of nitrogen functional groups attached to an aromatic ring is 1. The molecule has 1 aromatic rings. The zero-order chi connectivity index (χ0) is 13.0. The third-order valence-electron chi connectivity index (χ3n) is 3.33. The van der Waals surface area contributed by atoms with Gasteiger partial charge in [0.05, 0.1) is 11.9 Å². The zero-order valence-electron chi connectivity index (χ0n) is 10.6. The van der Waals surface area contributed by atoms with E-state index in [1.165, 1.54) is 12.8 Å². The number of anilines is 1. The maximum Gasteiger partial charge on any atom is 0.241 e. The van der Waals surface area contributed by atoms with Gasteiger partial charge in [0.25, 0.3) is 0 Å². The van der Waals surface area contributed by atoms with Crippen LogP contribution in [-0.4, -0.2) is 33.2 Å². The minimum atomic E-state index is 0.0192. The van der Waals surface area contributed by atoms with E-state index >= 15 is 0 Å². The molecule has 0 atom stereocenters. The maximum absolute atomic E-state index is 11.8. The van der Waals surface area contributed by atoms with Crippen LogP contribution in [0.1, 0.15) is 25.7 Å². The molecule has 0 aromatic carbocycles. The largest absolute Gasteiger partial charge is 0.396 e. The van der Waals surface area contributed by atoms with E-state index < -0.39 is 0 Å². The summed E-state index contributed by atoms with van der Waals surface area (Å²) in [5, 5.41) is 7.84. The Morgan fingerprint density at radius 2 is 2.28 bits per heavy atom. The van der Waals surface area contributed by atoms with Gasteiger partial charge < -0.3 is 11.1 Å². The smallest absolute Gasteiger partial charge is 0.241 e. The van der Waals surface area contributed by atoms with Crippen molar-refractivity contribution in [1.82, 2.24) is 15.1 Å². The Bertz CT molecular complexity index is 399. The SMILES string of the molecule is CSC1CCC(NC(=O)Cn2cc(N)cn2)CC1. The molecule has 2 rings (SSSR count). The highest BCUT2D eigenvalue weighted by Gasteiger charge is 2.21. The van der Waals surface area contributed by atoms with Crippen molar-refractivity contribution in [2.24, 2.45) is 0 Å². The van der Waals surface area contributed by atoms with Crippen LogP contribution in [0.25, 0.3) is 0 Å². The van der Waals surface area contributed by atoms with Crippen molar-refractivity contribution in [3.63, 3.8) is 0 Å². The lowest BCUT2D eigenvalue weighted by molar-refractivity contribution is -0.122. The first-order valence-corrected chi connectivity index (χ1v) is 7.56. The number of nitrogens with zero attached hydrogens (tertiary/aromatic N) is 2. The third kappa shape index (κ3) is 3.66. The normalized spacial score (nSPS) is 23.8. The predicted molar refractivity (Wildman–Crippen MR) is 74.3 cm³/mol. The fraction of sp³-hybridized carbons (Fsp3) is 0.667. The van der Waals surface area contributed by atoms with Crippen molar-refractivity contribution < 1.29 is 4.79 Å². The molecule has 6 heteroatoms. The van der Waals surface area contributed by atoms with E-state index in [4.69, 9.17) is 5.73 Å². The van der Waals surface area contributed by atoms with Crippen LogP contribution in [0, 0.1) is 0 Å². The molecule has 18 heavy (non-hydrogen) atoms. The number of carbonyl (C=O) groups is 1. The van der Waals surface area contributed by atoms with E-state index in [9.17, 15) is 4.79 Å². The number of nitrogens with two attached hydrogens (primary N) is 1. The van der Waals surface area contributed by atoms with Gasteiger partial charge in [0.1, 0.15) is 6.54 Å². The van der Waals surface area contributed by atoms with Crippen LogP contribution >= 0.6 is 11.8 Å². The van der Waals surface area contributed by atoms with Crippen LogP contribution in [0.2, 0.25) is 0 Å². The number of amides is 1.